The monoisotopic (exact) mass is 253 g/mol. The lowest BCUT2D eigenvalue weighted by atomic mass is 10.1. The Balaban J connectivity index is 1.95. The number of anilines is 1. The highest BCUT2D eigenvalue weighted by molar-refractivity contribution is 6.33. The van der Waals surface area contributed by atoms with E-state index in [2.05, 4.69) is 5.32 Å². The third kappa shape index (κ3) is 3.30. The topological polar surface area (TPSA) is 30.5 Å². The van der Waals surface area contributed by atoms with Crippen LogP contribution >= 0.6 is 11.6 Å². The van der Waals surface area contributed by atoms with Crippen LogP contribution in [-0.4, -0.2) is 19.8 Å². The van der Waals surface area contributed by atoms with E-state index in [-0.39, 0.29) is 6.10 Å². The molecular weight excluding hydrogens is 238 g/mol. The lowest BCUT2D eigenvalue weighted by molar-refractivity contribution is 0.135. The van der Waals surface area contributed by atoms with Crippen molar-refractivity contribution in [1.82, 2.24) is 0 Å². The summed E-state index contributed by atoms with van der Waals surface area (Å²) >= 11 is 6.10. The van der Waals surface area contributed by atoms with E-state index in [1.807, 2.05) is 24.3 Å². The Bertz CT molecular complexity index is 406. The highest BCUT2D eigenvalue weighted by Gasteiger charge is 2.11. The number of halogens is 1. The number of allylic oxidation sites excluding steroid dienone is 1. The minimum Gasteiger partial charge on any atom is -0.497 e. The van der Waals surface area contributed by atoms with E-state index in [1.54, 1.807) is 13.4 Å². The van der Waals surface area contributed by atoms with E-state index in [4.69, 9.17) is 21.1 Å². The lowest BCUT2D eigenvalue weighted by Gasteiger charge is -2.20. The summed E-state index contributed by atoms with van der Waals surface area (Å²) in [5.74, 6) is 0.793. The average molecular weight is 254 g/mol. The van der Waals surface area contributed by atoms with Crippen LogP contribution in [0.4, 0.5) is 5.69 Å². The Morgan fingerprint density at radius 3 is 3.12 bits per heavy atom. The van der Waals surface area contributed by atoms with Crippen LogP contribution in [-0.2, 0) is 4.74 Å². The molecule has 17 heavy (non-hydrogen) atoms. The molecule has 1 unspecified atom stereocenters. The van der Waals surface area contributed by atoms with Crippen LogP contribution < -0.4 is 10.1 Å². The summed E-state index contributed by atoms with van der Waals surface area (Å²) in [6.07, 6.45) is 6.11. The number of ether oxygens (including phenoxy) is 2. The normalized spacial score (nSPS) is 18.6. The summed E-state index contributed by atoms with van der Waals surface area (Å²) in [5.41, 5.74) is 0.879. The van der Waals surface area contributed by atoms with Gasteiger partial charge in [0.1, 0.15) is 11.9 Å². The van der Waals surface area contributed by atoms with Gasteiger partial charge < -0.3 is 14.8 Å². The van der Waals surface area contributed by atoms with Gasteiger partial charge in [-0.15, -0.1) is 0 Å². The van der Waals surface area contributed by atoms with Crippen LogP contribution in [0.2, 0.25) is 5.02 Å². The van der Waals surface area contributed by atoms with E-state index >= 15 is 0 Å². The van der Waals surface area contributed by atoms with Crippen LogP contribution in [0.5, 0.6) is 5.75 Å². The van der Waals surface area contributed by atoms with Crippen LogP contribution in [0, 0.1) is 0 Å². The zero-order valence-corrected chi connectivity index (χ0v) is 10.5. The first-order valence-electron chi connectivity index (χ1n) is 5.67. The van der Waals surface area contributed by atoms with Gasteiger partial charge >= 0.3 is 0 Å². The molecule has 0 bridgehead atoms. The molecule has 1 aliphatic heterocycles. The lowest BCUT2D eigenvalue weighted by Crippen LogP contribution is -2.23. The molecule has 92 valence electrons. The first-order valence-corrected chi connectivity index (χ1v) is 6.05. The van der Waals surface area contributed by atoms with Crippen molar-refractivity contribution in [3.8, 4) is 5.75 Å². The minimum absolute atomic E-state index is 0.210. The van der Waals surface area contributed by atoms with Gasteiger partial charge in [0.15, 0.2) is 0 Å². The van der Waals surface area contributed by atoms with Gasteiger partial charge in [-0.1, -0.05) is 11.6 Å². The zero-order chi connectivity index (χ0) is 12.1. The molecule has 0 fully saturated rings. The third-order valence-electron chi connectivity index (χ3n) is 2.72. The second kappa shape index (κ2) is 5.82. The maximum atomic E-state index is 6.10. The van der Waals surface area contributed by atoms with Gasteiger partial charge in [0, 0.05) is 6.07 Å². The second-order valence-electron chi connectivity index (χ2n) is 3.93. The van der Waals surface area contributed by atoms with Crippen molar-refractivity contribution in [2.75, 3.05) is 19.0 Å². The van der Waals surface area contributed by atoms with Gasteiger partial charge in [-0.3, -0.25) is 0 Å². The molecule has 1 atom stereocenters. The molecule has 1 aromatic carbocycles. The zero-order valence-electron chi connectivity index (χ0n) is 9.78. The first-order chi connectivity index (χ1) is 8.29. The Kier molecular flexibility index (Phi) is 4.15. The minimum atomic E-state index is 0.210. The standard InChI is InChI=1S/C13H16ClNO2/c1-16-10-5-6-12(14)13(8-10)15-9-11-4-2-3-7-17-11/h3,5-8,11,15H,2,4,9H2,1H3. The number of methoxy groups -OCH3 is 1. The summed E-state index contributed by atoms with van der Waals surface area (Å²) in [5, 5.41) is 3.98. The van der Waals surface area contributed by atoms with Crippen molar-refractivity contribution in [3.05, 3.63) is 35.6 Å². The molecule has 0 radical (unpaired) electrons. The van der Waals surface area contributed by atoms with Gasteiger partial charge in [0.05, 0.1) is 30.6 Å². The Labute approximate surface area is 106 Å². The molecule has 1 aromatic rings. The van der Waals surface area contributed by atoms with Gasteiger partial charge in [0.25, 0.3) is 0 Å². The molecule has 4 heteroatoms. The van der Waals surface area contributed by atoms with Crippen molar-refractivity contribution in [2.45, 2.75) is 18.9 Å². The van der Waals surface area contributed by atoms with Gasteiger partial charge in [-0.25, -0.2) is 0 Å². The third-order valence-corrected chi connectivity index (χ3v) is 3.05. The van der Waals surface area contributed by atoms with Gasteiger partial charge in [-0.2, -0.15) is 0 Å². The summed E-state index contributed by atoms with van der Waals surface area (Å²) in [6, 6.07) is 5.55. The predicted octanol–water partition coefficient (Wildman–Crippen LogP) is 3.45. The summed E-state index contributed by atoms with van der Waals surface area (Å²) < 4.78 is 10.6. The van der Waals surface area contributed by atoms with Crippen LogP contribution in [0.25, 0.3) is 0 Å². The Morgan fingerprint density at radius 2 is 2.41 bits per heavy atom. The van der Waals surface area contributed by atoms with Gasteiger partial charge in [-0.05, 0) is 31.1 Å². The molecule has 3 nitrogen and oxygen atoms in total. The fraction of sp³-hybridized carbons (Fsp3) is 0.385. The number of nitrogens with one attached hydrogen (secondary N) is 1. The molecular formula is C13H16ClNO2. The van der Waals surface area contributed by atoms with Crippen molar-refractivity contribution in [2.24, 2.45) is 0 Å². The van der Waals surface area contributed by atoms with Crippen LogP contribution in [0.1, 0.15) is 12.8 Å². The van der Waals surface area contributed by atoms with Gasteiger partial charge in [0.2, 0.25) is 0 Å². The van der Waals surface area contributed by atoms with Crippen molar-refractivity contribution in [1.29, 1.82) is 0 Å². The molecule has 0 aliphatic carbocycles. The number of rotatable bonds is 4. The van der Waals surface area contributed by atoms with E-state index in [9.17, 15) is 0 Å². The molecule has 1 aliphatic rings. The highest BCUT2D eigenvalue weighted by atomic mass is 35.5. The number of hydrogen-bond acceptors (Lipinski definition) is 3. The van der Waals surface area contributed by atoms with Crippen LogP contribution in [0.3, 0.4) is 0 Å². The van der Waals surface area contributed by atoms with E-state index < -0.39 is 0 Å². The van der Waals surface area contributed by atoms with Crippen LogP contribution in [0.15, 0.2) is 30.5 Å². The Hall–Kier alpha value is -1.35. The maximum Gasteiger partial charge on any atom is 0.121 e. The highest BCUT2D eigenvalue weighted by Crippen LogP contribution is 2.27. The summed E-state index contributed by atoms with van der Waals surface area (Å²) in [4.78, 5) is 0. The molecule has 0 aromatic heterocycles. The first kappa shape index (κ1) is 12.1. The molecule has 2 rings (SSSR count). The molecule has 0 saturated heterocycles. The summed E-state index contributed by atoms with van der Waals surface area (Å²) in [7, 11) is 1.64. The number of benzene rings is 1. The van der Waals surface area contributed by atoms with Crippen molar-refractivity contribution >= 4 is 17.3 Å². The Morgan fingerprint density at radius 1 is 1.53 bits per heavy atom. The van der Waals surface area contributed by atoms with E-state index in [1.165, 1.54) is 0 Å². The molecule has 1 N–H and O–H groups in total. The number of hydrogen-bond donors (Lipinski definition) is 1. The van der Waals surface area contributed by atoms with Crippen molar-refractivity contribution in [3.63, 3.8) is 0 Å². The average Bonchev–Trinajstić information content (AvgIpc) is 2.39. The predicted molar refractivity (Wildman–Crippen MR) is 69.7 cm³/mol. The molecule has 0 spiro atoms. The molecule has 1 heterocycles. The smallest absolute Gasteiger partial charge is 0.121 e. The fourth-order valence-electron chi connectivity index (χ4n) is 1.73. The SMILES string of the molecule is COc1ccc(Cl)c(NCC2CCC=CO2)c1. The maximum absolute atomic E-state index is 6.10. The second-order valence-corrected chi connectivity index (χ2v) is 4.34. The van der Waals surface area contributed by atoms with E-state index in [0.717, 1.165) is 30.8 Å². The molecule has 0 saturated carbocycles. The van der Waals surface area contributed by atoms with E-state index in [0.29, 0.717) is 5.02 Å². The molecule has 0 amide bonds. The fourth-order valence-corrected chi connectivity index (χ4v) is 1.91. The summed E-state index contributed by atoms with van der Waals surface area (Å²) in [6.45, 7) is 0.747. The quantitative estimate of drug-likeness (QED) is 0.892. The largest absolute Gasteiger partial charge is 0.497 e. The van der Waals surface area contributed by atoms with Crippen molar-refractivity contribution < 1.29 is 9.47 Å².